The topological polar surface area (TPSA) is 54.5 Å². The lowest BCUT2D eigenvalue weighted by Gasteiger charge is -2.35. The standard InChI is InChI=1S/C16H17FN4/c1-16(14-8-7-13(17)9-19-14)11-20-15(18)21(16)10-12-5-3-2-4-6-12/h2-9H,10-11H2,1H3,(H2,18,20). The second-order valence-electron chi connectivity index (χ2n) is 5.38. The molecule has 2 heterocycles. The highest BCUT2D eigenvalue weighted by molar-refractivity contribution is 5.81. The molecule has 0 radical (unpaired) electrons. The van der Waals surface area contributed by atoms with Crippen molar-refractivity contribution < 1.29 is 4.39 Å². The molecule has 2 aromatic rings. The Hall–Kier alpha value is -2.43. The van der Waals surface area contributed by atoms with Gasteiger partial charge in [0.25, 0.3) is 0 Å². The van der Waals surface area contributed by atoms with Crippen molar-refractivity contribution in [1.29, 1.82) is 0 Å². The van der Waals surface area contributed by atoms with Crippen LogP contribution in [0.3, 0.4) is 0 Å². The third-order valence-corrected chi connectivity index (χ3v) is 3.88. The average Bonchev–Trinajstić information content (AvgIpc) is 2.78. The zero-order valence-electron chi connectivity index (χ0n) is 11.8. The molecule has 1 atom stereocenters. The van der Waals surface area contributed by atoms with E-state index in [0.717, 1.165) is 11.3 Å². The van der Waals surface area contributed by atoms with Crippen molar-refractivity contribution in [2.75, 3.05) is 6.54 Å². The molecule has 1 unspecified atom stereocenters. The number of rotatable bonds is 3. The molecule has 0 saturated carbocycles. The third-order valence-electron chi connectivity index (χ3n) is 3.88. The van der Waals surface area contributed by atoms with E-state index in [0.29, 0.717) is 19.0 Å². The van der Waals surface area contributed by atoms with Gasteiger partial charge in [-0.25, -0.2) is 4.39 Å². The lowest BCUT2D eigenvalue weighted by Crippen LogP contribution is -2.47. The van der Waals surface area contributed by atoms with E-state index in [-0.39, 0.29) is 5.82 Å². The van der Waals surface area contributed by atoms with Crippen LogP contribution in [0.15, 0.2) is 53.7 Å². The third kappa shape index (κ3) is 2.46. The number of pyridine rings is 1. The van der Waals surface area contributed by atoms with Gasteiger partial charge in [-0.15, -0.1) is 0 Å². The van der Waals surface area contributed by atoms with E-state index in [1.165, 1.54) is 12.3 Å². The lowest BCUT2D eigenvalue weighted by molar-refractivity contribution is 0.211. The van der Waals surface area contributed by atoms with Gasteiger partial charge in [0, 0.05) is 6.54 Å². The molecule has 3 rings (SSSR count). The summed E-state index contributed by atoms with van der Waals surface area (Å²) in [6, 6.07) is 13.2. The molecule has 0 aliphatic carbocycles. The number of halogens is 1. The first-order valence-corrected chi connectivity index (χ1v) is 6.83. The normalized spacial score (nSPS) is 21.4. The fourth-order valence-electron chi connectivity index (χ4n) is 2.59. The largest absolute Gasteiger partial charge is 0.370 e. The summed E-state index contributed by atoms with van der Waals surface area (Å²) in [4.78, 5) is 10.6. The maximum Gasteiger partial charge on any atom is 0.192 e. The van der Waals surface area contributed by atoms with Crippen LogP contribution >= 0.6 is 0 Å². The number of hydrogen-bond donors (Lipinski definition) is 1. The highest BCUT2D eigenvalue weighted by Crippen LogP contribution is 2.32. The number of aliphatic imine (C=N–C) groups is 1. The van der Waals surface area contributed by atoms with Crippen LogP contribution in [0.1, 0.15) is 18.2 Å². The number of hydrogen-bond acceptors (Lipinski definition) is 4. The first-order valence-electron chi connectivity index (χ1n) is 6.83. The van der Waals surface area contributed by atoms with Crippen LogP contribution in [0.2, 0.25) is 0 Å². The van der Waals surface area contributed by atoms with Crippen molar-refractivity contribution in [3.63, 3.8) is 0 Å². The molecule has 4 nitrogen and oxygen atoms in total. The molecule has 0 saturated heterocycles. The van der Waals surface area contributed by atoms with Crippen molar-refractivity contribution in [1.82, 2.24) is 9.88 Å². The summed E-state index contributed by atoms with van der Waals surface area (Å²) in [7, 11) is 0. The quantitative estimate of drug-likeness (QED) is 0.940. The fraction of sp³-hybridized carbons (Fsp3) is 0.250. The fourth-order valence-corrected chi connectivity index (χ4v) is 2.59. The van der Waals surface area contributed by atoms with Gasteiger partial charge in [-0.05, 0) is 24.6 Å². The van der Waals surface area contributed by atoms with Gasteiger partial charge < -0.3 is 10.6 Å². The maximum atomic E-state index is 13.1. The molecule has 1 aliphatic heterocycles. The molecule has 1 aliphatic rings. The summed E-state index contributed by atoms with van der Waals surface area (Å²) in [6.07, 6.45) is 1.23. The summed E-state index contributed by atoms with van der Waals surface area (Å²) in [5.41, 5.74) is 7.50. The molecule has 2 N–H and O–H groups in total. The zero-order chi connectivity index (χ0) is 14.9. The Bertz CT molecular complexity index is 654. The monoisotopic (exact) mass is 284 g/mol. The summed E-state index contributed by atoms with van der Waals surface area (Å²) in [5.74, 6) is 0.149. The molecule has 0 amide bonds. The maximum absolute atomic E-state index is 13.1. The van der Waals surface area contributed by atoms with E-state index in [1.807, 2.05) is 42.2 Å². The second kappa shape index (κ2) is 5.16. The minimum atomic E-state index is -0.451. The van der Waals surface area contributed by atoms with Gasteiger partial charge in [0.05, 0.1) is 18.4 Å². The van der Waals surface area contributed by atoms with Crippen molar-refractivity contribution in [3.8, 4) is 0 Å². The number of aromatic nitrogens is 1. The first-order chi connectivity index (χ1) is 10.1. The van der Waals surface area contributed by atoms with Crippen molar-refractivity contribution in [2.24, 2.45) is 10.7 Å². The van der Waals surface area contributed by atoms with E-state index < -0.39 is 5.54 Å². The van der Waals surface area contributed by atoms with Crippen LogP contribution < -0.4 is 5.73 Å². The van der Waals surface area contributed by atoms with Gasteiger partial charge in [-0.2, -0.15) is 0 Å². The number of nitrogens with two attached hydrogens (primary N) is 1. The molecule has 1 aromatic heterocycles. The summed E-state index contributed by atoms with van der Waals surface area (Å²) in [5, 5.41) is 0. The molecule has 1 aromatic carbocycles. The Morgan fingerprint density at radius 1 is 1.24 bits per heavy atom. The molecule has 5 heteroatoms. The Kier molecular flexibility index (Phi) is 3.33. The van der Waals surface area contributed by atoms with Crippen molar-refractivity contribution in [2.45, 2.75) is 19.0 Å². The van der Waals surface area contributed by atoms with Crippen LogP contribution in [0, 0.1) is 5.82 Å². The predicted octanol–water partition coefficient (Wildman–Crippen LogP) is 2.27. The SMILES string of the molecule is CC1(c2ccc(F)cn2)CN=C(N)N1Cc1ccccc1. The Morgan fingerprint density at radius 2 is 2.00 bits per heavy atom. The van der Waals surface area contributed by atoms with Gasteiger partial charge in [0.1, 0.15) is 11.4 Å². The molecule has 0 bridgehead atoms. The highest BCUT2D eigenvalue weighted by Gasteiger charge is 2.40. The molecular weight excluding hydrogens is 267 g/mol. The van der Waals surface area contributed by atoms with Crippen LogP contribution in [0.5, 0.6) is 0 Å². The van der Waals surface area contributed by atoms with Crippen LogP contribution in [0.4, 0.5) is 4.39 Å². The molecule has 108 valence electrons. The van der Waals surface area contributed by atoms with Crippen LogP contribution in [0.25, 0.3) is 0 Å². The summed E-state index contributed by atoms with van der Waals surface area (Å²) < 4.78 is 13.1. The van der Waals surface area contributed by atoms with E-state index in [1.54, 1.807) is 6.07 Å². The van der Waals surface area contributed by atoms with Gasteiger partial charge in [-0.3, -0.25) is 9.98 Å². The minimum Gasteiger partial charge on any atom is -0.370 e. The summed E-state index contributed by atoms with van der Waals surface area (Å²) in [6.45, 7) is 3.19. The Morgan fingerprint density at radius 3 is 2.67 bits per heavy atom. The Labute approximate surface area is 123 Å². The molecule has 21 heavy (non-hydrogen) atoms. The molecular formula is C16H17FN4. The van der Waals surface area contributed by atoms with Crippen molar-refractivity contribution in [3.05, 3.63) is 65.7 Å². The highest BCUT2D eigenvalue weighted by atomic mass is 19.1. The minimum absolute atomic E-state index is 0.344. The van der Waals surface area contributed by atoms with E-state index in [9.17, 15) is 4.39 Å². The number of guanidine groups is 1. The van der Waals surface area contributed by atoms with E-state index >= 15 is 0 Å². The van der Waals surface area contributed by atoms with E-state index in [2.05, 4.69) is 9.98 Å². The van der Waals surface area contributed by atoms with Crippen LogP contribution in [-0.4, -0.2) is 22.4 Å². The smallest absolute Gasteiger partial charge is 0.192 e. The number of nitrogens with zero attached hydrogens (tertiary/aromatic N) is 3. The lowest BCUT2D eigenvalue weighted by atomic mass is 9.95. The average molecular weight is 284 g/mol. The van der Waals surface area contributed by atoms with Crippen molar-refractivity contribution >= 4 is 5.96 Å². The Balaban J connectivity index is 1.92. The van der Waals surface area contributed by atoms with Gasteiger partial charge in [-0.1, -0.05) is 30.3 Å². The van der Waals surface area contributed by atoms with Crippen LogP contribution in [-0.2, 0) is 12.1 Å². The molecule has 0 spiro atoms. The predicted molar refractivity (Wildman–Crippen MR) is 80.0 cm³/mol. The summed E-state index contributed by atoms with van der Waals surface area (Å²) >= 11 is 0. The number of benzene rings is 1. The van der Waals surface area contributed by atoms with Gasteiger partial charge >= 0.3 is 0 Å². The zero-order valence-corrected chi connectivity index (χ0v) is 11.8. The second-order valence-corrected chi connectivity index (χ2v) is 5.38. The molecule has 0 fully saturated rings. The van der Waals surface area contributed by atoms with Gasteiger partial charge in [0.15, 0.2) is 5.96 Å². The first kappa shape index (κ1) is 13.5. The van der Waals surface area contributed by atoms with E-state index in [4.69, 9.17) is 5.73 Å². The van der Waals surface area contributed by atoms with Gasteiger partial charge in [0.2, 0.25) is 0 Å².